The zero-order chi connectivity index (χ0) is 18.9. The van der Waals surface area contributed by atoms with Gasteiger partial charge < -0.3 is 4.74 Å². The van der Waals surface area contributed by atoms with Crippen LogP contribution in [0.15, 0.2) is 61.3 Å². The summed E-state index contributed by atoms with van der Waals surface area (Å²) < 4.78 is 45.1. The number of fused-ring (bicyclic) bond motifs is 1. The maximum Gasteiger partial charge on any atom is 0.433 e. The molecule has 4 rings (SSSR count). The number of alkyl halides is 3. The summed E-state index contributed by atoms with van der Waals surface area (Å²) in [5.74, 6) is 0.942. The van der Waals surface area contributed by atoms with Crippen LogP contribution in [0, 0.1) is 0 Å². The average Bonchev–Trinajstić information content (AvgIpc) is 3.09. The minimum Gasteiger partial charge on any atom is -0.471 e. The van der Waals surface area contributed by atoms with Crippen molar-refractivity contribution < 1.29 is 17.9 Å². The van der Waals surface area contributed by atoms with Crippen molar-refractivity contribution in [2.24, 2.45) is 0 Å². The topological polar surface area (TPSA) is 65.2 Å². The molecule has 9 heteroatoms. The van der Waals surface area contributed by atoms with Gasteiger partial charge in [-0.15, -0.1) is 0 Å². The summed E-state index contributed by atoms with van der Waals surface area (Å²) in [5, 5.41) is 0. The highest BCUT2D eigenvalue weighted by Gasteiger charge is 2.32. The quantitative estimate of drug-likeness (QED) is 0.546. The van der Waals surface area contributed by atoms with Crippen LogP contribution in [-0.4, -0.2) is 24.3 Å². The third kappa shape index (κ3) is 3.71. The first-order valence-electron chi connectivity index (χ1n) is 7.90. The molecule has 136 valence electrons. The van der Waals surface area contributed by atoms with Crippen LogP contribution in [0.1, 0.15) is 11.4 Å². The predicted molar refractivity (Wildman–Crippen MR) is 89.8 cm³/mol. The molecule has 0 aliphatic heterocycles. The number of halogens is 3. The van der Waals surface area contributed by atoms with E-state index >= 15 is 0 Å². The van der Waals surface area contributed by atoms with Crippen molar-refractivity contribution in [3.8, 4) is 17.0 Å². The number of hydrogen-bond acceptors (Lipinski definition) is 5. The predicted octanol–water partition coefficient (Wildman–Crippen LogP) is 3.78. The molecule has 0 saturated carbocycles. The van der Waals surface area contributed by atoms with Crippen molar-refractivity contribution in [1.29, 1.82) is 0 Å². The Balaban J connectivity index is 1.55. The third-order valence-corrected chi connectivity index (χ3v) is 3.75. The Hall–Kier alpha value is -3.49. The third-order valence-electron chi connectivity index (χ3n) is 3.75. The van der Waals surface area contributed by atoms with Gasteiger partial charge >= 0.3 is 6.18 Å². The highest BCUT2D eigenvalue weighted by Crippen LogP contribution is 2.28. The van der Waals surface area contributed by atoms with Gasteiger partial charge in [0, 0.05) is 48.2 Å². The van der Waals surface area contributed by atoms with Crippen LogP contribution in [0.5, 0.6) is 5.88 Å². The maximum atomic E-state index is 12.6. The molecule has 4 aromatic rings. The molecule has 6 nitrogen and oxygen atoms in total. The molecule has 0 spiro atoms. The summed E-state index contributed by atoms with van der Waals surface area (Å²) in [5.41, 5.74) is 0.864. The van der Waals surface area contributed by atoms with E-state index < -0.39 is 11.9 Å². The van der Waals surface area contributed by atoms with Crippen LogP contribution in [0.2, 0.25) is 0 Å². The second-order valence-electron chi connectivity index (χ2n) is 5.67. The summed E-state index contributed by atoms with van der Waals surface area (Å²) in [6.07, 6.45) is 3.35. The van der Waals surface area contributed by atoms with Crippen molar-refractivity contribution in [1.82, 2.24) is 24.3 Å². The lowest BCUT2D eigenvalue weighted by atomic mass is 10.1. The molecule has 0 atom stereocenters. The molecule has 0 fully saturated rings. The Bertz CT molecular complexity index is 1060. The monoisotopic (exact) mass is 371 g/mol. The smallest absolute Gasteiger partial charge is 0.433 e. The molecule has 0 unspecified atom stereocenters. The van der Waals surface area contributed by atoms with Crippen molar-refractivity contribution in [2.75, 3.05) is 0 Å². The van der Waals surface area contributed by atoms with E-state index in [9.17, 15) is 13.2 Å². The summed E-state index contributed by atoms with van der Waals surface area (Å²) in [7, 11) is 0. The number of rotatable bonds is 4. The second-order valence-corrected chi connectivity index (χ2v) is 5.67. The number of nitrogens with zero attached hydrogens (tertiary/aromatic N) is 5. The zero-order valence-electron chi connectivity index (χ0n) is 13.8. The first-order valence-corrected chi connectivity index (χ1v) is 7.90. The van der Waals surface area contributed by atoms with E-state index in [0.717, 1.165) is 6.07 Å². The Labute approximate surface area is 151 Å². The van der Waals surface area contributed by atoms with Gasteiger partial charge in [-0.1, -0.05) is 12.1 Å². The van der Waals surface area contributed by atoms with Gasteiger partial charge in [-0.2, -0.15) is 13.2 Å². The minimum absolute atomic E-state index is 0.220. The maximum absolute atomic E-state index is 12.6. The molecule has 27 heavy (non-hydrogen) atoms. The first kappa shape index (κ1) is 17.0. The fourth-order valence-electron chi connectivity index (χ4n) is 2.47. The zero-order valence-corrected chi connectivity index (χ0v) is 13.8. The van der Waals surface area contributed by atoms with E-state index in [1.54, 1.807) is 35.1 Å². The van der Waals surface area contributed by atoms with E-state index in [2.05, 4.69) is 19.9 Å². The van der Waals surface area contributed by atoms with Gasteiger partial charge in [0.1, 0.15) is 12.3 Å². The Morgan fingerprint density at radius 3 is 2.48 bits per heavy atom. The van der Waals surface area contributed by atoms with Crippen LogP contribution in [0.25, 0.3) is 16.9 Å². The number of hydrogen-bond donors (Lipinski definition) is 0. The molecule has 0 saturated heterocycles. The first-order chi connectivity index (χ1) is 13.0. The van der Waals surface area contributed by atoms with Gasteiger partial charge in [0.05, 0.1) is 5.69 Å². The molecule has 0 aliphatic rings. The van der Waals surface area contributed by atoms with Gasteiger partial charge in [-0.3, -0.25) is 9.38 Å². The van der Waals surface area contributed by atoms with E-state index in [1.165, 1.54) is 18.5 Å². The van der Waals surface area contributed by atoms with Gasteiger partial charge in [0.15, 0.2) is 0 Å². The van der Waals surface area contributed by atoms with Gasteiger partial charge in [-0.05, 0) is 12.1 Å². The summed E-state index contributed by atoms with van der Waals surface area (Å²) in [4.78, 5) is 16.1. The summed E-state index contributed by atoms with van der Waals surface area (Å²) in [6.45, 7) is 0.220. The number of ether oxygens (including phenoxy) is 1. The summed E-state index contributed by atoms with van der Waals surface area (Å²) in [6, 6.07) is 7.65. The highest BCUT2D eigenvalue weighted by atomic mass is 19.4. The van der Waals surface area contributed by atoms with Crippen LogP contribution >= 0.6 is 0 Å². The van der Waals surface area contributed by atoms with Crippen LogP contribution in [0.3, 0.4) is 0 Å². The Kier molecular flexibility index (Phi) is 4.19. The van der Waals surface area contributed by atoms with Gasteiger partial charge in [0.2, 0.25) is 11.7 Å². The van der Waals surface area contributed by atoms with E-state index in [0.29, 0.717) is 28.5 Å². The van der Waals surface area contributed by atoms with Crippen molar-refractivity contribution in [3.05, 3.63) is 72.7 Å². The lowest BCUT2D eigenvalue weighted by Gasteiger charge is -2.06. The fraction of sp³-hybridized carbons (Fsp3) is 0.111. The lowest BCUT2D eigenvalue weighted by Crippen LogP contribution is -2.07. The van der Waals surface area contributed by atoms with Gasteiger partial charge in [-0.25, -0.2) is 15.0 Å². The normalized spacial score (nSPS) is 11.7. The average molecular weight is 371 g/mol. The molecular formula is C18H12F3N5O. The van der Waals surface area contributed by atoms with Crippen LogP contribution in [-0.2, 0) is 12.8 Å². The SMILES string of the molecule is FC(F)(F)c1ccc(-c2cnc3nc(COc4ccccn4)cn3c2)cn1. The molecule has 4 heterocycles. The molecule has 0 bridgehead atoms. The number of aromatic nitrogens is 5. The molecule has 0 radical (unpaired) electrons. The molecule has 0 aromatic carbocycles. The molecule has 0 N–H and O–H groups in total. The molecule has 0 amide bonds. The van der Waals surface area contributed by atoms with E-state index in [-0.39, 0.29) is 6.61 Å². The van der Waals surface area contributed by atoms with Crippen LogP contribution < -0.4 is 4.74 Å². The Morgan fingerprint density at radius 1 is 0.926 bits per heavy atom. The second kappa shape index (κ2) is 6.67. The van der Waals surface area contributed by atoms with Crippen molar-refractivity contribution >= 4 is 5.78 Å². The largest absolute Gasteiger partial charge is 0.471 e. The Morgan fingerprint density at radius 2 is 1.78 bits per heavy atom. The molecule has 0 aliphatic carbocycles. The fourth-order valence-corrected chi connectivity index (χ4v) is 2.47. The number of imidazole rings is 1. The van der Waals surface area contributed by atoms with E-state index in [4.69, 9.17) is 4.74 Å². The lowest BCUT2D eigenvalue weighted by molar-refractivity contribution is -0.141. The number of pyridine rings is 2. The standard InChI is InChI=1S/C18H12F3N5O/c19-18(20,21)15-5-4-12(7-23-15)13-8-24-17-25-14(10-26(17)9-13)11-27-16-3-1-2-6-22-16/h1-10H,11H2. The minimum atomic E-state index is -4.46. The van der Waals surface area contributed by atoms with Gasteiger partial charge in [0.25, 0.3) is 0 Å². The van der Waals surface area contributed by atoms with Crippen molar-refractivity contribution in [3.63, 3.8) is 0 Å². The molecule has 4 aromatic heterocycles. The summed E-state index contributed by atoms with van der Waals surface area (Å²) >= 11 is 0. The van der Waals surface area contributed by atoms with Crippen molar-refractivity contribution in [2.45, 2.75) is 12.8 Å². The molecular weight excluding hydrogens is 359 g/mol. The van der Waals surface area contributed by atoms with E-state index in [1.807, 2.05) is 6.07 Å². The van der Waals surface area contributed by atoms with Crippen LogP contribution in [0.4, 0.5) is 13.2 Å². The highest BCUT2D eigenvalue weighted by molar-refractivity contribution is 5.61.